The smallest absolute Gasteiger partial charge is 0.340 e. The van der Waals surface area contributed by atoms with Gasteiger partial charge in [0.15, 0.2) is 0 Å². The van der Waals surface area contributed by atoms with Gasteiger partial charge in [0.2, 0.25) is 5.91 Å². The molecule has 2 aromatic carbocycles. The van der Waals surface area contributed by atoms with Crippen LogP contribution in [0.2, 0.25) is 0 Å². The quantitative estimate of drug-likeness (QED) is 0.200. The minimum atomic E-state index is -1.22. The Hall–Kier alpha value is -4.60. The molecule has 1 atom stereocenters. The molecule has 10 nitrogen and oxygen atoms in total. The lowest BCUT2D eigenvalue weighted by Gasteiger charge is -2.15. The summed E-state index contributed by atoms with van der Waals surface area (Å²) in [6.07, 6.45) is 0.0232. The number of furan rings is 1. The van der Waals surface area contributed by atoms with Gasteiger partial charge in [-0.2, -0.15) is 0 Å². The minimum Gasteiger partial charge on any atom is -0.480 e. The summed E-state index contributed by atoms with van der Waals surface area (Å²) < 4.78 is 11.5. The number of carboxylic acids is 1. The largest absolute Gasteiger partial charge is 0.480 e. The molecule has 0 saturated carbocycles. The van der Waals surface area contributed by atoms with E-state index in [4.69, 9.17) is 14.6 Å². The molecule has 0 aliphatic carbocycles. The number of fused-ring (bicyclic) bond motifs is 2. The molecule has 0 bridgehead atoms. The van der Waals surface area contributed by atoms with Crippen LogP contribution in [0.15, 0.2) is 56.1 Å². The van der Waals surface area contributed by atoms with Gasteiger partial charge >= 0.3 is 17.6 Å². The predicted molar refractivity (Wildman–Crippen MR) is 137 cm³/mol. The summed E-state index contributed by atoms with van der Waals surface area (Å²) in [7, 11) is 0. The maximum absolute atomic E-state index is 12.8. The van der Waals surface area contributed by atoms with E-state index >= 15 is 0 Å². The molecule has 192 valence electrons. The number of nitrogens with one attached hydrogen (secondary N) is 2. The third-order valence-corrected chi connectivity index (χ3v) is 6.27. The molecule has 0 aliphatic heterocycles. The first-order valence-electron chi connectivity index (χ1n) is 11.8. The SMILES string of the molecule is Cc1oc2cc3oc(=O)c(CC(=O)N[C@@H](CCCNC(N)=O)C(=O)O)c(C)c3cc2c1-c1ccccc1. The van der Waals surface area contributed by atoms with Crippen LogP contribution in [-0.4, -0.2) is 35.6 Å². The van der Waals surface area contributed by atoms with Crippen molar-refractivity contribution in [3.05, 3.63) is 69.8 Å². The fraction of sp³-hybridized carbons (Fsp3) is 0.259. The summed E-state index contributed by atoms with van der Waals surface area (Å²) >= 11 is 0. The van der Waals surface area contributed by atoms with E-state index in [1.54, 1.807) is 13.0 Å². The number of carbonyl (C=O) groups excluding carboxylic acids is 2. The number of benzene rings is 2. The third kappa shape index (κ3) is 5.48. The molecule has 0 aliphatic rings. The molecule has 10 heteroatoms. The van der Waals surface area contributed by atoms with Crippen molar-refractivity contribution in [2.45, 2.75) is 39.2 Å². The molecular formula is C27H27N3O7. The zero-order chi connectivity index (χ0) is 26.7. The van der Waals surface area contributed by atoms with E-state index < -0.39 is 29.6 Å². The Balaban J connectivity index is 1.63. The van der Waals surface area contributed by atoms with E-state index in [1.807, 2.05) is 43.3 Å². The van der Waals surface area contributed by atoms with E-state index in [2.05, 4.69) is 10.6 Å². The first kappa shape index (κ1) is 25.5. The van der Waals surface area contributed by atoms with Crippen molar-refractivity contribution in [3.8, 4) is 11.1 Å². The van der Waals surface area contributed by atoms with E-state index in [0.29, 0.717) is 28.5 Å². The highest BCUT2D eigenvalue weighted by Crippen LogP contribution is 2.37. The predicted octanol–water partition coefficient (Wildman–Crippen LogP) is 3.38. The van der Waals surface area contributed by atoms with Crippen molar-refractivity contribution in [2.75, 3.05) is 6.54 Å². The normalized spacial score (nSPS) is 11.9. The van der Waals surface area contributed by atoms with Crippen LogP contribution in [-0.2, 0) is 16.0 Å². The average Bonchev–Trinajstić information content (AvgIpc) is 3.17. The molecule has 3 amide bonds. The van der Waals surface area contributed by atoms with Crippen LogP contribution in [0.4, 0.5) is 4.79 Å². The summed E-state index contributed by atoms with van der Waals surface area (Å²) in [4.78, 5) is 47.8. The highest BCUT2D eigenvalue weighted by Gasteiger charge is 2.23. The third-order valence-electron chi connectivity index (χ3n) is 6.27. The van der Waals surface area contributed by atoms with Gasteiger partial charge in [-0.1, -0.05) is 30.3 Å². The molecule has 0 unspecified atom stereocenters. The maximum Gasteiger partial charge on any atom is 0.340 e. The van der Waals surface area contributed by atoms with Crippen molar-refractivity contribution in [2.24, 2.45) is 5.73 Å². The Kier molecular flexibility index (Phi) is 7.28. The van der Waals surface area contributed by atoms with Gasteiger partial charge in [0.1, 0.15) is 23.0 Å². The van der Waals surface area contributed by atoms with Crippen molar-refractivity contribution in [1.29, 1.82) is 0 Å². The molecule has 37 heavy (non-hydrogen) atoms. The molecule has 2 aromatic heterocycles. The molecule has 0 fully saturated rings. The topological polar surface area (TPSA) is 165 Å². The summed E-state index contributed by atoms with van der Waals surface area (Å²) in [6, 6.07) is 11.4. The molecule has 0 radical (unpaired) electrons. The summed E-state index contributed by atoms with van der Waals surface area (Å²) in [5.74, 6) is -1.13. The van der Waals surface area contributed by atoms with Gasteiger partial charge in [-0.15, -0.1) is 0 Å². The Bertz CT molecular complexity index is 1550. The Labute approximate surface area is 211 Å². The number of aliphatic carboxylic acids is 1. The van der Waals surface area contributed by atoms with Crippen molar-refractivity contribution < 1.29 is 28.3 Å². The van der Waals surface area contributed by atoms with Crippen molar-refractivity contribution in [3.63, 3.8) is 0 Å². The second-order valence-corrected chi connectivity index (χ2v) is 8.81. The fourth-order valence-corrected chi connectivity index (χ4v) is 4.45. The fourth-order valence-electron chi connectivity index (χ4n) is 4.45. The minimum absolute atomic E-state index is 0.0761. The number of rotatable bonds is 9. The van der Waals surface area contributed by atoms with Crippen LogP contribution in [0.3, 0.4) is 0 Å². The van der Waals surface area contributed by atoms with Crippen LogP contribution in [0.25, 0.3) is 33.1 Å². The number of nitrogens with two attached hydrogens (primary N) is 1. The van der Waals surface area contributed by atoms with Gasteiger partial charge < -0.3 is 30.3 Å². The van der Waals surface area contributed by atoms with Gasteiger partial charge in [-0.25, -0.2) is 14.4 Å². The van der Waals surface area contributed by atoms with E-state index in [1.165, 1.54) is 0 Å². The second-order valence-electron chi connectivity index (χ2n) is 8.81. The van der Waals surface area contributed by atoms with E-state index in [-0.39, 0.29) is 24.9 Å². The molecule has 0 spiro atoms. The number of hydrogen-bond donors (Lipinski definition) is 4. The molecule has 4 rings (SSSR count). The van der Waals surface area contributed by atoms with Crippen LogP contribution in [0, 0.1) is 13.8 Å². The molecule has 0 saturated heterocycles. The lowest BCUT2D eigenvalue weighted by Crippen LogP contribution is -2.42. The Morgan fingerprint density at radius 2 is 1.73 bits per heavy atom. The number of carboxylic acid groups (broad SMARTS) is 1. The number of aryl methyl sites for hydroxylation is 2. The first-order valence-corrected chi connectivity index (χ1v) is 11.8. The Morgan fingerprint density at radius 1 is 1.03 bits per heavy atom. The lowest BCUT2D eigenvalue weighted by atomic mass is 9.98. The number of amides is 3. The monoisotopic (exact) mass is 505 g/mol. The highest BCUT2D eigenvalue weighted by molar-refractivity contribution is 6.03. The zero-order valence-electron chi connectivity index (χ0n) is 20.4. The van der Waals surface area contributed by atoms with E-state index in [0.717, 1.165) is 22.3 Å². The molecule has 5 N–H and O–H groups in total. The van der Waals surface area contributed by atoms with Gasteiger partial charge in [0, 0.05) is 28.9 Å². The van der Waals surface area contributed by atoms with Crippen LogP contribution >= 0.6 is 0 Å². The van der Waals surface area contributed by atoms with Gasteiger partial charge in [0.05, 0.1) is 12.0 Å². The zero-order valence-corrected chi connectivity index (χ0v) is 20.4. The van der Waals surface area contributed by atoms with E-state index in [9.17, 15) is 24.3 Å². The van der Waals surface area contributed by atoms with Gasteiger partial charge in [-0.05, 0) is 43.9 Å². The number of primary amides is 1. The lowest BCUT2D eigenvalue weighted by molar-refractivity contribution is -0.141. The molecule has 4 aromatic rings. The standard InChI is InChI=1S/C27H27N3O7/c1-14-17-11-19-22(36-15(2)24(19)16-7-4-3-5-8-16)13-21(17)37-26(34)18(14)12-23(31)30-20(25(32)33)9-6-10-29-27(28)35/h3-5,7-8,11,13,20H,6,9-10,12H2,1-2H3,(H,30,31)(H,32,33)(H3,28,29,35)/t20-/m0/s1. The summed E-state index contributed by atoms with van der Waals surface area (Å²) in [5.41, 5.74) is 7.85. The van der Waals surface area contributed by atoms with Gasteiger partial charge in [-0.3, -0.25) is 4.79 Å². The summed E-state index contributed by atoms with van der Waals surface area (Å²) in [6.45, 7) is 3.77. The van der Waals surface area contributed by atoms with Crippen molar-refractivity contribution in [1.82, 2.24) is 10.6 Å². The highest BCUT2D eigenvalue weighted by atomic mass is 16.4. The van der Waals surface area contributed by atoms with Crippen LogP contribution in [0.1, 0.15) is 29.7 Å². The second kappa shape index (κ2) is 10.6. The Morgan fingerprint density at radius 3 is 2.41 bits per heavy atom. The van der Waals surface area contributed by atoms with Crippen LogP contribution < -0.4 is 22.0 Å². The average molecular weight is 506 g/mol. The van der Waals surface area contributed by atoms with Crippen molar-refractivity contribution >= 4 is 39.8 Å². The maximum atomic E-state index is 12.8. The van der Waals surface area contributed by atoms with Crippen LogP contribution in [0.5, 0.6) is 0 Å². The molecule has 2 heterocycles. The molecular weight excluding hydrogens is 478 g/mol. The van der Waals surface area contributed by atoms with Gasteiger partial charge in [0.25, 0.3) is 0 Å². The number of urea groups is 1. The number of hydrogen-bond acceptors (Lipinski definition) is 6. The number of carbonyl (C=O) groups is 3. The summed E-state index contributed by atoms with van der Waals surface area (Å²) in [5, 5.41) is 15.8. The first-order chi connectivity index (χ1) is 17.7.